The first kappa shape index (κ1) is 14.1. The van der Waals surface area contributed by atoms with Crippen LogP contribution in [0.3, 0.4) is 0 Å². The van der Waals surface area contributed by atoms with E-state index < -0.39 is 0 Å². The zero-order chi connectivity index (χ0) is 13.8. The summed E-state index contributed by atoms with van der Waals surface area (Å²) in [4.78, 5) is 14.6. The second kappa shape index (κ2) is 6.20. The Morgan fingerprint density at radius 1 is 1.47 bits per heavy atom. The molecule has 1 aromatic rings. The Morgan fingerprint density at radius 3 is 3.00 bits per heavy atom. The van der Waals surface area contributed by atoms with Gasteiger partial charge in [0, 0.05) is 24.7 Å². The number of benzene rings is 1. The monoisotopic (exact) mass is 260 g/mol. The Hall–Kier alpha value is -1.35. The average molecular weight is 260 g/mol. The Morgan fingerprint density at radius 2 is 2.26 bits per heavy atom. The fourth-order valence-electron chi connectivity index (χ4n) is 2.78. The number of carbonyl (C=O) groups is 1. The molecule has 1 unspecified atom stereocenters. The van der Waals surface area contributed by atoms with Gasteiger partial charge in [0.15, 0.2) is 0 Å². The van der Waals surface area contributed by atoms with Gasteiger partial charge in [0.1, 0.15) is 0 Å². The predicted octanol–water partition coefficient (Wildman–Crippen LogP) is 2.52. The second-order valence-electron chi connectivity index (χ2n) is 5.38. The van der Waals surface area contributed by atoms with Crippen LogP contribution in [-0.4, -0.2) is 25.5 Å². The van der Waals surface area contributed by atoms with E-state index >= 15 is 0 Å². The highest BCUT2D eigenvalue weighted by molar-refractivity contribution is 5.96. The molecule has 3 heteroatoms. The zero-order valence-corrected chi connectivity index (χ0v) is 12.2. The number of nitrogens with zero attached hydrogens (tertiary/aromatic N) is 1. The minimum Gasteiger partial charge on any atom is -0.316 e. The van der Waals surface area contributed by atoms with Gasteiger partial charge in [0.25, 0.3) is 0 Å². The van der Waals surface area contributed by atoms with Crippen molar-refractivity contribution in [3.8, 4) is 0 Å². The summed E-state index contributed by atoms with van der Waals surface area (Å²) in [6.45, 7) is 8.70. The highest BCUT2D eigenvalue weighted by Crippen LogP contribution is 2.31. The predicted molar refractivity (Wildman–Crippen MR) is 79.6 cm³/mol. The number of carbonyl (C=O) groups excluding carboxylic acids is 1. The lowest BCUT2D eigenvalue weighted by Crippen LogP contribution is -2.42. The van der Waals surface area contributed by atoms with Crippen LogP contribution in [0.5, 0.6) is 0 Å². The van der Waals surface area contributed by atoms with Gasteiger partial charge in [-0.25, -0.2) is 0 Å². The van der Waals surface area contributed by atoms with Crippen molar-refractivity contribution >= 4 is 11.6 Å². The third-order valence-electron chi connectivity index (χ3n) is 3.81. The number of anilines is 1. The van der Waals surface area contributed by atoms with Crippen LogP contribution in [0.25, 0.3) is 0 Å². The third-order valence-corrected chi connectivity index (χ3v) is 3.81. The molecule has 1 aliphatic heterocycles. The van der Waals surface area contributed by atoms with E-state index in [1.165, 1.54) is 11.1 Å². The molecule has 1 aliphatic rings. The lowest BCUT2D eigenvalue weighted by Gasteiger charge is -2.33. The van der Waals surface area contributed by atoms with Crippen LogP contribution in [0.4, 0.5) is 5.69 Å². The van der Waals surface area contributed by atoms with E-state index in [2.05, 4.69) is 37.4 Å². The molecule has 1 heterocycles. The molecule has 19 heavy (non-hydrogen) atoms. The first-order valence-electron chi connectivity index (χ1n) is 7.25. The molecule has 0 aromatic heterocycles. The molecule has 0 radical (unpaired) electrons. The minimum atomic E-state index is 0.0329. The number of rotatable bonds is 4. The fourth-order valence-corrected chi connectivity index (χ4v) is 2.78. The molecule has 0 aliphatic carbocycles. The molecule has 1 atom stereocenters. The van der Waals surface area contributed by atoms with E-state index in [-0.39, 0.29) is 11.8 Å². The van der Waals surface area contributed by atoms with Gasteiger partial charge in [-0.1, -0.05) is 32.0 Å². The van der Waals surface area contributed by atoms with Gasteiger partial charge in [-0.3, -0.25) is 4.79 Å². The van der Waals surface area contributed by atoms with E-state index in [1.54, 1.807) is 0 Å². The van der Waals surface area contributed by atoms with Crippen LogP contribution in [0.2, 0.25) is 0 Å². The van der Waals surface area contributed by atoms with Crippen molar-refractivity contribution in [2.75, 3.05) is 24.5 Å². The smallest absolute Gasteiger partial charge is 0.231 e. The Labute approximate surface area is 116 Å². The molecule has 1 amide bonds. The number of hydrogen-bond acceptors (Lipinski definition) is 2. The second-order valence-corrected chi connectivity index (χ2v) is 5.38. The van der Waals surface area contributed by atoms with Gasteiger partial charge in [-0.2, -0.15) is 0 Å². The molecule has 0 bridgehead atoms. The molecule has 1 aromatic carbocycles. The van der Waals surface area contributed by atoms with Gasteiger partial charge >= 0.3 is 0 Å². The fraction of sp³-hybridized carbons (Fsp3) is 0.562. The summed E-state index contributed by atoms with van der Waals surface area (Å²) in [5, 5.41) is 3.26. The van der Waals surface area contributed by atoms with Crippen molar-refractivity contribution in [3.63, 3.8) is 0 Å². The maximum absolute atomic E-state index is 12.6. The molecule has 104 valence electrons. The van der Waals surface area contributed by atoms with Crippen molar-refractivity contribution in [1.29, 1.82) is 0 Å². The number of fused-ring (bicyclic) bond motifs is 1. The summed E-state index contributed by atoms with van der Waals surface area (Å²) >= 11 is 0. The Balaban J connectivity index is 2.21. The maximum Gasteiger partial charge on any atom is 0.231 e. The summed E-state index contributed by atoms with van der Waals surface area (Å²) in [6.07, 6.45) is 2.15. The summed E-state index contributed by atoms with van der Waals surface area (Å²) in [5.74, 6) is 0.279. The molecule has 0 fully saturated rings. The zero-order valence-electron chi connectivity index (χ0n) is 12.2. The number of hydrogen-bond donors (Lipinski definition) is 1. The SMILES string of the molecule is CCNCC(C)C(=O)N1CCCc2cccc(C)c21. The largest absolute Gasteiger partial charge is 0.316 e. The van der Waals surface area contributed by atoms with Crippen molar-refractivity contribution in [1.82, 2.24) is 5.32 Å². The van der Waals surface area contributed by atoms with E-state index in [1.807, 2.05) is 11.8 Å². The third kappa shape index (κ3) is 2.98. The first-order valence-corrected chi connectivity index (χ1v) is 7.25. The highest BCUT2D eigenvalue weighted by atomic mass is 16.2. The van der Waals surface area contributed by atoms with Gasteiger partial charge in [-0.05, 0) is 37.4 Å². The van der Waals surface area contributed by atoms with Crippen LogP contribution in [-0.2, 0) is 11.2 Å². The van der Waals surface area contributed by atoms with Gasteiger partial charge < -0.3 is 10.2 Å². The van der Waals surface area contributed by atoms with Crippen molar-refractivity contribution in [3.05, 3.63) is 29.3 Å². The molecule has 0 saturated carbocycles. The molecule has 3 nitrogen and oxygen atoms in total. The van der Waals surface area contributed by atoms with E-state index in [4.69, 9.17) is 0 Å². The summed E-state index contributed by atoms with van der Waals surface area (Å²) in [7, 11) is 0. The van der Waals surface area contributed by atoms with E-state index in [9.17, 15) is 4.79 Å². The summed E-state index contributed by atoms with van der Waals surface area (Å²) in [5.41, 5.74) is 3.68. The van der Waals surface area contributed by atoms with Crippen LogP contribution in [0.1, 0.15) is 31.4 Å². The van der Waals surface area contributed by atoms with Crippen LogP contribution in [0.15, 0.2) is 18.2 Å². The number of aryl methyl sites for hydroxylation is 2. The highest BCUT2D eigenvalue weighted by Gasteiger charge is 2.26. The number of nitrogens with one attached hydrogen (secondary N) is 1. The van der Waals surface area contributed by atoms with Crippen molar-refractivity contribution in [2.24, 2.45) is 5.92 Å². The number of amides is 1. The minimum absolute atomic E-state index is 0.0329. The molecular formula is C16H24N2O. The van der Waals surface area contributed by atoms with Gasteiger partial charge in [0.2, 0.25) is 5.91 Å². The van der Waals surface area contributed by atoms with E-state index in [0.717, 1.165) is 38.2 Å². The Bertz CT molecular complexity index is 456. The molecule has 1 N–H and O–H groups in total. The van der Waals surface area contributed by atoms with Gasteiger partial charge in [0.05, 0.1) is 0 Å². The molecular weight excluding hydrogens is 236 g/mol. The van der Waals surface area contributed by atoms with Gasteiger partial charge in [-0.15, -0.1) is 0 Å². The number of para-hydroxylation sites is 1. The van der Waals surface area contributed by atoms with Crippen LogP contribution < -0.4 is 10.2 Å². The first-order chi connectivity index (χ1) is 9.15. The summed E-state index contributed by atoms with van der Waals surface area (Å²) in [6, 6.07) is 6.33. The normalized spacial score (nSPS) is 16.1. The topological polar surface area (TPSA) is 32.3 Å². The maximum atomic E-state index is 12.6. The van der Waals surface area contributed by atoms with Crippen molar-refractivity contribution < 1.29 is 4.79 Å². The van der Waals surface area contributed by atoms with Crippen molar-refractivity contribution in [2.45, 2.75) is 33.6 Å². The molecule has 0 saturated heterocycles. The van der Waals surface area contributed by atoms with Crippen LogP contribution >= 0.6 is 0 Å². The van der Waals surface area contributed by atoms with Crippen LogP contribution in [0, 0.1) is 12.8 Å². The summed E-state index contributed by atoms with van der Waals surface area (Å²) < 4.78 is 0. The molecule has 2 rings (SSSR count). The Kier molecular flexibility index (Phi) is 4.59. The quantitative estimate of drug-likeness (QED) is 0.902. The lowest BCUT2D eigenvalue weighted by molar-refractivity contribution is -0.121. The molecule has 0 spiro atoms. The standard InChI is InChI=1S/C16H24N2O/c1-4-17-11-13(3)16(19)18-10-6-9-14-8-5-7-12(2)15(14)18/h5,7-8,13,17H,4,6,9-11H2,1-3H3. The average Bonchev–Trinajstić information content (AvgIpc) is 2.43. The van der Waals surface area contributed by atoms with E-state index in [0.29, 0.717) is 0 Å². The lowest BCUT2D eigenvalue weighted by atomic mass is 9.97.